The van der Waals surface area contributed by atoms with E-state index in [4.69, 9.17) is 117 Å². The zero-order valence-corrected chi connectivity index (χ0v) is 78.8. The summed E-state index contributed by atoms with van der Waals surface area (Å²) in [6.45, 7) is 24.7. The predicted molar refractivity (Wildman–Crippen MR) is 488 cm³/mol. The number of hydrogen-bond donors (Lipinski definition) is 4. The van der Waals surface area contributed by atoms with E-state index in [1.807, 2.05) is 89.5 Å². The number of aromatic nitrogens is 9. The molecule has 29 nitrogen and oxygen atoms in total. The Morgan fingerprint density at radius 2 is 0.696 bits per heavy atom. The fourth-order valence-corrected chi connectivity index (χ4v) is 18.8. The number of carboxylic acids is 1. The predicted octanol–water partition coefficient (Wildman–Crippen LogP) is 15.6. The number of carboxylic acid groups (broad SMARTS) is 1. The van der Waals surface area contributed by atoms with Crippen LogP contribution in [0, 0.1) is 0 Å². The van der Waals surface area contributed by atoms with E-state index in [1.165, 1.54) is 12.5 Å². The Kier molecular flexibility index (Phi) is 28.4. The van der Waals surface area contributed by atoms with Crippen molar-refractivity contribution < 1.29 is 91.1 Å². The highest BCUT2D eigenvalue weighted by Crippen LogP contribution is 2.41. The number of halogens is 4. The number of amides is 1. The molecule has 0 saturated carbocycles. The van der Waals surface area contributed by atoms with Crippen LogP contribution in [0.4, 0.5) is 0 Å². The molecule has 664 valence electrons. The Morgan fingerprint density at radius 3 is 0.984 bits per heavy atom. The van der Waals surface area contributed by atoms with E-state index in [-0.39, 0.29) is 77.1 Å². The maximum absolute atomic E-state index is 12.3. The van der Waals surface area contributed by atoms with E-state index in [0.29, 0.717) is 116 Å². The Hall–Kier alpha value is -8.03. The number of benzene rings is 5. The van der Waals surface area contributed by atoms with Gasteiger partial charge in [0.15, 0.2) is 35.3 Å². The lowest BCUT2D eigenvalue weighted by molar-refractivity contribution is 0.00332. The molecule has 37 heteroatoms. The van der Waals surface area contributed by atoms with Crippen LogP contribution in [0.25, 0.3) is 89.5 Å². The quantitative estimate of drug-likeness (QED) is 0.0261. The fraction of sp³-hybridized carbons (Fsp3) is 0.432. The summed E-state index contributed by atoms with van der Waals surface area (Å²) in [4.78, 5) is 52.4. The molecule has 4 N–H and O–H groups in total. The zero-order valence-electron chi connectivity index (χ0n) is 71.1. The molecule has 0 radical (unpaired) electrons. The van der Waals surface area contributed by atoms with E-state index in [2.05, 4.69) is 84.2 Å². The molecule has 12 heterocycles. The number of imidazole rings is 3. The lowest BCUT2D eigenvalue weighted by Gasteiger charge is -2.19. The third-order valence-corrected chi connectivity index (χ3v) is 29.1. The first-order valence-electron chi connectivity index (χ1n) is 41.3. The van der Waals surface area contributed by atoms with Crippen molar-refractivity contribution in [1.29, 1.82) is 0 Å². The molecule has 1 amide bonds. The minimum Gasteiger partial charge on any atom is -0.478 e. The monoisotopic (exact) mass is 1900 g/mol. The highest BCUT2D eigenvalue weighted by molar-refractivity contribution is 9.10. The number of hydrogen-bond acceptors (Lipinski definition) is 24. The van der Waals surface area contributed by atoms with Gasteiger partial charge < -0.3 is 77.3 Å². The molecule has 6 fully saturated rings. The van der Waals surface area contributed by atoms with Gasteiger partial charge >= 0.3 is 24.0 Å². The van der Waals surface area contributed by atoms with Crippen LogP contribution < -0.4 is 14.2 Å². The molecule has 6 aliphatic rings. The van der Waals surface area contributed by atoms with Crippen molar-refractivity contribution in [1.82, 2.24) is 43.6 Å². The highest BCUT2D eigenvalue weighted by atomic mass is 79.9. The van der Waals surface area contributed by atoms with E-state index < -0.39 is 101 Å². The summed E-state index contributed by atoms with van der Waals surface area (Å²) in [5.41, 5.74) is 12.1. The van der Waals surface area contributed by atoms with Crippen molar-refractivity contribution in [3.8, 4) is 74.1 Å². The molecule has 0 bridgehead atoms. The topological polar surface area (TPSA) is 347 Å². The van der Waals surface area contributed by atoms with Crippen molar-refractivity contribution in [2.24, 2.45) is 4.36 Å². The molecule has 6 saturated heterocycles. The van der Waals surface area contributed by atoms with Gasteiger partial charge in [-0.2, -0.15) is 19.3 Å². The maximum atomic E-state index is 12.3. The second kappa shape index (κ2) is 38.7. The number of carbonyl (C=O) groups is 2. The number of rotatable bonds is 28. The summed E-state index contributed by atoms with van der Waals surface area (Å²) in [5.74, 6) is -1.46. The largest absolute Gasteiger partial charge is 0.478 e. The lowest BCUT2D eigenvalue weighted by Crippen LogP contribution is -2.35. The number of nitrogens with zero attached hydrogens (tertiary/aromatic N) is 10. The Bertz CT molecular complexity index is 5830. The first kappa shape index (κ1) is 91.7. The minimum absolute atomic E-state index is 0.188. The van der Waals surface area contributed by atoms with Gasteiger partial charge in [0, 0.05) is 93.0 Å². The number of aromatic carboxylic acids is 1. The van der Waals surface area contributed by atoms with Crippen LogP contribution >= 0.6 is 50.7 Å². The first-order chi connectivity index (χ1) is 59.5. The Labute approximate surface area is 750 Å². The number of aliphatic hydroxyl groups is 3. The van der Waals surface area contributed by atoms with Crippen LogP contribution in [0.15, 0.2) is 148 Å². The van der Waals surface area contributed by atoms with E-state index >= 15 is 0 Å². The number of aliphatic hydroxyl groups excluding tert-OH is 3. The van der Waals surface area contributed by atoms with Crippen LogP contribution in [0.3, 0.4) is 0 Å². The Morgan fingerprint density at radius 1 is 0.424 bits per heavy atom. The third-order valence-electron chi connectivity index (χ3n) is 22.0. The molecule has 0 aliphatic carbocycles. The van der Waals surface area contributed by atoms with Gasteiger partial charge in [0.05, 0.1) is 77.4 Å². The maximum Gasteiger partial charge on any atom is 0.335 e. The van der Waals surface area contributed by atoms with Crippen molar-refractivity contribution in [3.63, 3.8) is 0 Å². The summed E-state index contributed by atoms with van der Waals surface area (Å²) < 4.78 is 93.8. The average molecular weight is 1910 g/mol. The van der Waals surface area contributed by atoms with Crippen molar-refractivity contribution in [3.05, 3.63) is 170 Å². The van der Waals surface area contributed by atoms with Crippen LogP contribution in [0.2, 0.25) is 92.1 Å². The normalized spacial score (nSPS) is 22.3. The van der Waals surface area contributed by atoms with E-state index in [9.17, 15) is 34.2 Å². The van der Waals surface area contributed by atoms with Gasteiger partial charge in [-0.25, -0.2) is 24.0 Å². The van der Waals surface area contributed by atoms with E-state index in [1.54, 1.807) is 63.7 Å². The summed E-state index contributed by atoms with van der Waals surface area (Å²) in [7, 11) is -6.37. The van der Waals surface area contributed by atoms with Gasteiger partial charge in [-0.15, -0.1) is 0 Å². The van der Waals surface area contributed by atoms with Crippen LogP contribution in [-0.4, -0.2) is 250 Å². The SMILES string of the molecule is C[Si](C)(C)CCOCn1c(O[C@@H]2CO[C@H]3[C@@H]2OC[C@H]3O)nc2cc(Cl)c(-c3ccc(-c4ccc(C(=O)N=S(C)(C)=O)cc4)cc3)nc21.C[Si](C)(C)CCOCn1c(O[C@@H]2CO[C@H]3[C@@H]2OC[C@H]3O)nc2cc(Cl)c(-c3ccc(-c4ccc(C(=O)O)cc4)cc3)nc21.C[Si](C)(C)CCOCn1c(O[C@@H]2CO[C@H]3[C@@H]2OC[C@H]3O)nc2cc(Cl)c(-c3ccc(Br)cc3)nc21. The molecular weight excluding hydrogens is 1800 g/mol. The van der Waals surface area contributed by atoms with Gasteiger partial charge in [0.2, 0.25) is 0 Å². The molecule has 5 aromatic carbocycles. The zero-order chi connectivity index (χ0) is 88.6. The number of fused-ring (bicyclic) bond motifs is 6. The summed E-state index contributed by atoms with van der Waals surface area (Å²) >= 11 is 23.6. The van der Waals surface area contributed by atoms with Crippen LogP contribution in [0.1, 0.15) is 20.7 Å². The summed E-state index contributed by atoms with van der Waals surface area (Å²) in [5, 5.41) is 41.0. The molecule has 6 aliphatic heterocycles. The minimum atomic E-state index is -2.53. The summed E-state index contributed by atoms with van der Waals surface area (Å²) in [6.07, 6.45) is -2.79. The molecule has 6 aromatic heterocycles. The molecule has 11 aromatic rings. The lowest BCUT2D eigenvalue weighted by atomic mass is 10.0. The molecule has 17 rings (SSSR count). The fourth-order valence-electron chi connectivity index (χ4n) is 15.0. The Balaban J connectivity index is 0.000000146. The van der Waals surface area contributed by atoms with Gasteiger partial charge in [-0.1, -0.05) is 195 Å². The number of pyridine rings is 3. The average Bonchev–Trinajstić information content (AvgIpc) is 1.62. The third kappa shape index (κ3) is 22.1. The second-order valence-electron chi connectivity index (χ2n) is 35.7. The molecular formula is C88H102BrCl3N10O19SSi3. The summed E-state index contributed by atoms with van der Waals surface area (Å²) in [6, 6.07) is 46.6. The van der Waals surface area contributed by atoms with Crippen LogP contribution in [0.5, 0.6) is 18.0 Å². The first-order valence-corrected chi connectivity index (χ1v) is 56.7. The highest BCUT2D eigenvalue weighted by Gasteiger charge is 2.52. The van der Waals surface area contributed by atoms with Gasteiger partial charge in [0.1, 0.15) is 91.7 Å². The number of ether oxygens (including phenoxy) is 12. The standard InChI is InChI=1S/C33H39ClN4O7SSi.C31H34ClN3O7Si.C24H29BrClN3O5Si/c1-46(2,41)37-32(40)23-12-8-21(9-13-23)20-6-10-22(11-7-20)28-24(34)16-25-31(36-28)38(19-42-14-15-47(3,4)5)33(35-25)45-27-18-44-29-26(39)17-43-30(27)29;1-43(2,3)13-12-39-17-35-29-23(33-31(35)42-25-16-41-27-24(36)15-40-28(25)27)14-22(32)26(34-29)20-8-4-18(5-9-20)19-6-10-21(11-7-19)30(37)38;1-35(2,3)9-8-31-13-29-23-17(10-16(26)20(28-23)14-4-6-15(25)7-5-14)27-24(29)34-19-12-33-21-18(30)11-32-22(19)21/h6-13,16,26-27,29-30,39H,14-15,17-19H2,1-5H3;4-11,14,24-25,27-28,36H,12-13,15-17H2,1-3H3,(H,37,38);4-7,10,18-19,21-22,30H,8-9,11-13H2,1-3H3/t26-,27-,29-,30-;24-,25-,27-,28-;18-,19-,21-,22-/m111/s1. The smallest absolute Gasteiger partial charge is 0.335 e. The van der Waals surface area contributed by atoms with Gasteiger partial charge in [-0.05, 0) is 95.0 Å². The molecule has 12 atom stereocenters. The molecule has 0 unspecified atom stereocenters. The number of carbonyl (C=O) groups excluding carboxylic acids is 1. The molecule has 125 heavy (non-hydrogen) atoms. The molecule has 0 spiro atoms. The second-order valence-corrected chi connectivity index (χ2v) is 57.2. The van der Waals surface area contributed by atoms with Crippen LogP contribution in [-0.2, 0) is 72.6 Å². The van der Waals surface area contributed by atoms with Crippen molar-refractivity contribution in [2.45, 2.75) is 170 Å². The van der Waals surface area contributed by atoms with Gasteiger partial charge in [0.25, 0.3) is 5.91 Å². The van der Waals surface area contributed by atoms with Crippen molar-refractivity contribution in [2.75, 3.05) is 72.0 Å². The van der Waals surface area contributed by atoms with Gasteiger partial charge in [-0.3, -0.25) is 18.5 Å². The van der Waals surface area contributed by atoms with Crippen molar-refractivity contribution >= 4 is 130 Å². The van der Waals surface area contributed by atoms with E-state index in [0.717, 1.165) is 61.5 Å².